The average molecular weight is 523 g/mol. The van der Waals surface area contributed by atoms with E-state index in [9.17, 15) is 14.7 Å². The van der Waals surface area contributed by atoms with Crippen molar-refractivity contribution >= 4 is 29.0 Å². The lowest BCUT2D eigenvalue weighted by Crippen LogP contribution is -2.48. The van der Waals surface area contributed by atoms with Crippen molar-refractivity contribution in [2.75, 3.05) is 6.54 Å². The SMILES string of the molecule is Cc1noc(C(C(=O)N2C[C@H](O)C[C@@H]2C2=NC(C)(c3ccc(-c4scnc4C)cc3)C(=O)N2)C(C)C)n1. The molecule has 0 radical (unpaired) electrons. The quantitative estimate of drug-likeness (QED) is 0.508. The summed E-state index contributed by atoms with van der Waals surface area (Å²) in [5, 5.41) is 17.3. The first-order valence-corrected chi connectivity index (χ1v) is 13.2. The number of aliphatic imine (C=N–C) groups is 1. The molecule has 1 aromatic carbocycles. The number of rotatable bonds is 6. The smallest absolute Gasteiger partial charge is 0.257 e. The number of likely N-dealkylation sites (tertiary alicyclic amines) is 1. The van der Waals surface area contributed by atoms with Crippen molar-refractivity contribution in [2.45, 2.75) is 64.6 Å². The number of β-amino-alcohol motifs (C(OH)–C–C–N with tert-alkyl or cyclic N) is 1. The minimum atomic E-state index is -1.15. The van der Waals surface area contributed by atoms with Crippen LogP contribution >= 0.6 is 11.3 Å². The number of amidine groups is 1. The van der Waals surface area contributed by atoms with Crippen LogP contribution < -0.4 is 5.32 Å². The van der Waals surface area contributed by atoms with Gasteiger partial charge in [0.15, 0.2) is 11.4 Å². The topological polar surface area (TPSA) is 134 Å². The highest BCUT2D eigenvalue weighted by atomic mass is 32.1. The first-order valence-electron chi connectivity index (χ1n) is 12.3. The van der Waals surface area contributed by atoms with Crippen LogP contribution in [0.3, 0.4) is 0 Å². The molecular formula is C26H30N6O4S. The Kier molecular flexibility index (Phi) is 6.45. The Morgan fingerprint density at radius 3 is 2.59 bits per heavy atom. The minimum Gasteiger partial charge on any atom is -0.391 e. The molecule has 0 aliphatic carbocycles. The van der Waals surface area contributed by atoms with Crippen molar-refractivity contribution in [1.29, 1.82) is 0 Å². The van der Waals surface area contributed by atoms with Gasteiger partial charge in [-0.15, -0.1) is 11.3 Å². The molecule has 1 fully saturated rings. The van der Waals surface area contributed by atoms with Crippen LogP contribution in [0.2, 0.25) is 0 Å². The largest absolute Gasteiger partial charge is 0.391 e. The Morgan fingerprint density at radius 1 is 1.27 bits per heavy atom. The summed E-state index contributed by atoms with van der Waals surface area (Å²) in [6.07, 6.45) is -0.461. The van der Waals surface area contributed by atoms with E-state index in [2.05, 4.69) is 20.4 Å². The number of hydrogen-bond donors (Lipinski definition) is 2. The first kappa shape index (κ1) is 25.2. The minimum absolute atomic E-state index is 0.114. The van der Waals surface area contributed by atoms with Gasteiger partial charge in [-0.05, 0) is 37.8 Å². The van der Waals surface area contributed by atoms with E-state index in [-0.39, 0.29) is 36.6 Å². The van der Waals surface area contributed by atoms with Crippen LogP contribution in [0.1, 0.15) is 56.1 Å². The molecule has 3 aromatic rings. The van der Waals surface area contributed by atoms with E-state index < -0.39 is 23.6 Å². The number of aliphatic hydroxyl groups is 1. The van der Waals surface area contributed by atoms with Gasteiger partial charge < -0.3 is 19.8 Å². The molecule has 194 valence electrons. The maximum absolute atomic E-state index is 13.7. The number of hydrogen-bond acceptors (Lipinski definition) is 9. The van der Waals surface area contributed by atoms with Gasteiger partial charge >= 0.3 is 0 Å². The van der Waals surface area contributed by atoms with E-state index >= 15 is 0 Å². The summed E-state index contributed by atoms with van der Waals surface area (Å²) in [6, 6.07) is 7.17. The predicted octanol–water partition coefficient (Wildman–Crippen LogP) is 2.96. The Balaban J connectivity index is 1.43. The van der Waals surface area contributed by atoms with Gasteiger partial charge in [0.05, 0.1) is 28.2 Å². The van der Waals surface area contributed by atoms with Crippen LogP contribution in [0.25, 0.3) is 10.4 Å². The van der Waals surface area contributed by atoms with Crippen LogP contribution in [0, 0.1) is 19.8 Å². The van der Waals surface area contributed by atoms with Crippen molar-refractivity contribution in [3.8, 4) is 10.4 Å². The van der Waals surface area contributed by atoms with Gasteiger partial charge in [0, 0.05) is 13.0 Å². The third-order valence-electron chi connectivity index (χ3n) is 7.10. The van der Waals surface area contributed by atoms with Crippen molar-refractivity contribution in [3.63, 3.8) is 0 Å². The van der Waals surface area contributed by atoms with Gasteiger partial charge in [-0.3, -0.25) is 9.59 Å². The van der Waals surface area contributed by atoms with Crippen molar-refractivity contribution in [1.82, 2.24) is 25.3 Å². The summed E-state index contributed by atoms with van der Waals surface area (Å²) in [7, 11) is 0. The van der Waals surface area contributed by atoms with Crippen LogP contribution in [-0.2, 0) is 15.1 Å². The maximum atomic E-state index is 13.7. The molecule has 5 rings (SSSR count). The van der Waals surface area contributed by atoms with E-state index in [1.54, 1.807) is 30.1 Å². The normalized spacial score (nSPS) is 24.5. The summed E-state index contributed by atoms with van der Waals surface area (Å²) < 4.78 is 5.33. The summed E-state index contributed by atoms with van der Waals surface area (Å²) in [5.41, 5.74) is 3.39. The molecule has 2 N–H and O–H groups in total. The Bertz CT molecular complexity index is 1360. The highest BCUT2D eigenvalue weighted by molar-refractivity contribution is 7.13. The van der Waals surface area contributed by atoms with Gasteiger partial charge in [0.2, 0.25) is 11.8 Å². The zero-order valence-corrected chi connectivity index (χ0v) is 22.2. The monoisotopic (exact) mass is 522 g/mol. The van der Waals surface area contributed by atoms with Crippen molar-refractivity contribution in [3.05, 3.63) is 52.7 Å². The number of carbonyl (C=O) groups is 2. The van der Waals surface area contributed by atoms with Gasteiger partial charge in [-0.25, -0.2) is 9.98 Å². The number of thiazole rings is 1. The highest BCUT2D eigenvalue weighted by Crippen LogP contribution is 2.36. The molecule has 4 atom stereocenters. The number of aromatic nitrogens is 3. The van der Waals surface area contributed by atoms with E-state index in [1.807, 2.05) is 50.5 Å². The second kappa shape index (κ2) is 9.46. The van der Waals surface area contributed by atoms with Crippen LogP contribution in [0.15, 0.2) is 39.3 Å². The van der Waals surface area contributed by atoms with Crippen LogP contribution in [0.4, 0.5) is 0 Å². The van der Waals surface area contributed by atoms with Gasteiger partial charge in [-0.2, -0.15) is 4.98 Å². The molecule has 2 aliphatic rings. The molecule has 0 saturated carbocycles. The standard InChI is InChI=1S/C26H30N6O4S/c1-13(2)20(23-28-15(4)31-36-23)24(34)32-11-18(33)10-19(32)22-29-25(35)26(5,30-22)17-8-6-16(7-9-17)21-14(3)27-12-37-21/h6-9,12-13,18-20,33H,10-11H2,1-5H3,(H,29,30,35)/t18-,19-,20?,26?/m1/s1. The number of benzene rings is 1. The van der Waals surface area contributed by atoms with Crippen LogP contribution in [0.5, 0.6) is 0 Å². The fraction of sp³-hybridized carbons (Fsp3) is 0.462. The van der Waals surface area contributed by atoms with Crippen molar-refractivity contribution in [2.24, 2.45) is 10.9 Å². The molecule has 2 unspecified atom stereocenters. The number of aryl methyl sites for hydroxylation is 2. The molecule has 2 aliphatic heterocycles. The second-order valence-electron chi connectivity index (χ2n) is 10.2. The summed E-state index contributed by atoms with van der Waals surface area (Å²) in [5.74, 6) is -0.218. The van der Waals surface area contributed by atoms with E-state index in [0.29, 0.717) is 11.7 Å². The van der Waals surface area contributed by atoms with Gasteiger partial charge in [-0.1, -0.05) is 43.3 Å². The van der Waals surface area contributed by atoms with Crippen LogP contribution in [-0.4, -0.2) is 61.5 Å². The number of carbonyl (C=O) groups excluding carboxylic acids is 2. The molecule has 4 heterocycles. The third kappa shape index (κ3) is 4.46. The van der Waals surface area contributed by atoms with E-state index in [4.69, 9.17) is 9.52 Å². The van der Waals surface area contributed by atoms with Gasteiger partial charge in [0.1, 0.15) is 11.8 Å². The second-order valence-corrected chi connectivity index (χ2v) is 11.0. The molecular weight excluding hydrogens is 492 g/mol. The maximum Gasteiger partial charge on any atom is 0.257 e. The average Bonchev–Trinajstić information content (AvgIpc) is 3.62. The molecule has 2 aromatic heterocycles. The summed E-state index contributed by atoms with van der Waals surface area (Å²) in [6.45, 7) is 9.38. The summed E-state index contributed by atoms with van der Waals surface area (Å²) >= 11 is 1.57. The summed E-state index contributed by atoms with van der Waals surface area (Å²) in [4.78, 5) is 43.0. The van der Waals surface area contributed by atoms with E-state index in [1.165, 1.54) is 0 Å². The van der Waals surface area contributed by atoms with Crippen molar-refractivity contribution < 1.29 is 19.2 Å². The number of amides is 2. The lowest BCUT2D eigenvalue weighted by atomic mass is 9.91. The Hall–Kier alpha value is -3.44. The molecule has 37 heavy (non-hydrogen) atoms. The third-order valence-corrected chi connectivity index (χ3v) is 8.08. The number of nitrogens with zero attached hydrogens (tertiary/aromatic N) is 5. The fourth-order valence-electron chi connectivity index (χ4n) is 5.05. The Morgan fingerprint density at radius 2 is 2.00 bits per heavy atom. The fourth-order valence-corrected chi connectivity index (χ4v) is 5.86. The molecule has 11 heteroatoms. The molecule has 0 bridgehead atoms. The zero-order valence-electron chi connectivity index (χ0n) is 21.4. The zero-order chi connectivity index (χ0) is 26.5. The lowest BCUT2D eigenvalue weighted by molar-refractivity contribution is -0.134. The predicted molar refractivity (Wildman–Crippen MR) is 138 cm³/mol. The lowest BCUT2D eigenvalue weighted by Gasteiger charge is -2.28. The number of aliphatic hydroxyl groups excluding tert-OH is 1. The Labute approximate surface area is 218 Å². The molecule has 2 amide bonds. The molecule has 0 spiro atoms. The molecule has 1 saturated heterocycles. The van der Waals surface area contributed by atoms with Gasteiger partial charge in [0.25, 0.3) is 5.91 Å². The van der Waals surface area contributed by atoms with E-state index in [0.717, 1.165) is 21.7 Å². The number of nitrogens with one attached hydrogen (secondary N) is 1. The first-order chi connectivity index (χ1) is 17.6. The molecule has 10 nitrogen and oxygen atoms in total. The highest BCUT2D eigenvalue weighted by Gasteiger charge is 2.48.